The summed E-state index contributed by atoms with van der Waals surface area (Å²) in [5.74, 6) is 0.490. The standard InChI is InChI=1S/C14H14BrNOS/c1-10-2-6-13(7-3-10)18(17)9-11-4-5-12(16)8-14(11)15/h2-8H,9,16H2,1H3. The summed E-state index contributed by atoms with van der Waals surface area (Å²) in [5, 5.41) is 0. The van der Waals surface area contributed by atoms with Crippen LogP contribution in [0.3, 0.4) is 0 Å². The molecule has 0 radical (unpaired) electrons. The lowest BCUT2D eigenvalue weighted by molar-refractivity contribution is 0.682. The summed E-state index contributed by atoms with van der Waals surface area (Å²) in [4.78, 5) is 0.851. The molecule has 0 saturated heterocycles. The molecule has 0 spiro atoms. The molecule has 1 atom stereocenters. The molecule has 0 aromatic heterocycles. The number of nitrogen functional groups attached to an aromatic ring is 1. The van der Waals surface area contributed by atoms with E-state index in [-0.39, 0.29) is 0 Å². The number of nitrogens with two attached hydrogens (primary N) is 1. The van der Waals surface area contributed by atoms with Crippen molar-refractivity contribution in [3.8, 4) is 0 Å². The number of hydrogen-bond donors (Lipinski definition) is 1. The lowest BCUT2D eigenvalue weighted by atomic mass is 10.2. The average Bonchev–Trinajstić information content (AvgIpc) is 2.33. The van der Waals surface area contributed by atoms with Crippen molar-refractivity contribution >= 4 is 32.4 Å². The Morgan fingerprint density at radius 2 is 1.83 bits per heavy atom. The van der Waals surface area contributed by atoms with Gasteiger partial charge in [-0.1, -0.05) is 39.7 Å². The first-order chi connectivity index (χ1) is 8.56. The molecule has 2 aromatic rings. The molecule has 2 N–H and O–H groups in total. The Balaban J connectivity index is 2.18. The van der Waals surface area contributed by atoms with Crippen LogP contribution in [0, 0.1) is 6.92 Å². The Morgan fingerprint density at radius 1 is 1.17 bits per heavy atom. The SMILES string of the molecule is Cc1ccc(S(=O)Cc2ccc(N)cc2Br)cc1. The van der Waals surface area contributed by atoms with Crippen LogP contribution in [0.5, 0.6) is 0 Å². The third-order valence-electron chi connectivity index (χ3n) is 2.65. The topological polar surface area (TPSA) is 43.1 Å². The molecule has 0 aliphatic rings. The first kappa shape index (κ1) is 13.3. The number of rotatable bonds is 3. The summed E-state index contributed by atoms with van der Waals surface area (Å²) in [6, 6.07) is 13.4. The zero-order valence-corrected chi connectivity index (χ0v) is 12.4. The molecule has 0 fully saturated rings. The summed E-state index contributed by atoms with van der Waals surface area (Å²) in [6.45, 7) is 2.02. The van der Waals surface area contributed by atoms with E-state index in [1.807, 2.05) is 49.4 Å². The first-order valence-electron chi connectivity index (χ1n) is 5.55. The summed E-state index contributed by atoms with van der Waals surface area (Å²) in [5.41, 5.74) is 8.55. The monoisotopic (exact) mass is 323 g/mol. The molecule has 0 heterocycles. The molecule has 0 aliphatic carbocycles. The highest BCUT2D eigenvalue weighted by Crippen LogP contribution is 2.23. The Labute approximate surface area is 118 Å². The molecule has 0 saturated carbocycles. The van der Waals surface area contributed by atoms with Gasteiger partial charge < -0.3 is 5.73 Å². The van der Waals surface area contributed by atoms with Gasteiger partial charge in [0.05, 0.1) is 16.6 Å². The van der Waals surface area contributed by atoms with Crippen LogP contribution in [0.25, 0.3) is 0 Å². The lowest BCUT2D eigenvalue weighted by Crippen LogP contribution is -1.98. The highest BCUT2D eigenvalue weighted by Gasteiger charge is 2.08. The number of benzene rings is 2. The molecule has 18 heavy (non-hydrogen) atoms. The number of anilines is 1. The van der Waals surface area contributed by atoms with E-state index >= 15 is 0 Å². The molecular weight excluding hydrogens is 310 g/mol. The van der Waals surface area contributed by atoms with Crippen LogP contribution in [0.15, 0.2) is 51.8 Å². The van der Waals surface area contributed by atoms with E-state index in [4.69, 9.17) is 5.73 Å². The van der Waals surface area contributed by atoms with Gasteiger partial charge in [-0.05, 0) is 36.8 Å². The second-order valence-corrected chi connectivity index (χ2v) is 6.46. The van der Waals surface area contributed by atoms with Crippen LogP contribution in [0.1, 0.15) is 11.1 Å². The Hall–Kier alpha value is -1.13. The quantitative estimate of drug-likeness (QED) is 0.876. The van der Waals surface area contributed by atoms with E-state index in [9.17, 15) is 4.21 Å². The third-order valence-corrected chi connectivity index (χ3v) is 4.76. The minimum atomic E-state index is -1.03. The zero-order valence-electron chi connectivity index (χ0n) is 10.0. The Kier molecular flexibility index (Phi) is 4.19. The summed E-state index contributed by atoms with van der Waals surface area (Å²) >= 11 is 3.45. The molecule has 2 nitrogen and oxygen atoms in total. The van der Waals surface area contributed by atoms with Gasteiger partial charge in [0, 0.05) is 15.1 Å². The highest BCUT2D eigenvalue weighted by molar-refractivity contribution is 9.10. The van der Waals surface area contributed by atoms with Gasteiger partial charge in [0.15, 0.2) is 0 Å². The van der Waals surface area contributed by atoms with Crippen molar-refractivity contribution in [1.29, 1.82) is 0 Å². The van der Waals surface area contributed by atoms with Gasteiger partial charge in [0.2, 0.25) is 0 Å². The molecule has 1 unspecified atom stereocenters. The van der Waals surface area contributed by atoms with Crippen LogP contribution in [0.4, 0.5) is 5.69 Å². The fraction of sp³-hybridized carbons (Fsp3) is 0.143. The minimum absolute atomic E-state index is 0.490. The van der Waals surface area contributed by atoms with Crippen LogP contribution >= 0.6 is 15.9 Å². The van der Waals surface area contributed by atoms with Gasteiger partial charge >= 0.3 is 0 Å². The van der Waals surface area contributed by atoms with Gasteiger partial charge in [0.1, 0.15) is 0 Å². The second kappa shape index (κ2) is 5.67. The molecule has 0 amide bonds. The highest BCUT2D eigenvalue weighted by atomic mass is 79.9. The van der Waals surface area contributed by atoms with E-state index in [0.29, 0.717) is 11.4 Å². The maximum Gasteiger partial charge on any atom is 0.0574 e. The van der Waals surface area contributed by atoms with Gasteiger partial charge in [-0.2, -0.15) is 0 Å². The maximum absolute atomic E-state index is 12.2. The van der Waals surface area contributed by atoms with Crippen molar-refractivity contribution in [3.05, 3.63) is 58.1 Å². The van der Waals surface area contributed by atoms with E-state index < -0.39 is 10.8 Å². The summed E-state index contributed by atoms with van der Waals surface area (Å²) < 4.78 is 13.1. The van der Waals surface area contributed by atoms with Crippen molar-refractivity contribution in [3.63, 3.8) is 0 Å². The number of halogens is 1. The molecule has 0 bridgehead atoms. The Bertz CT molecular complexity index is 581. The normalized spacial score (nSPS) is 12.3. The van der Waals surface area contributed by atoms with Crippen molar-refractivity contribution in [1.82, 2.24) is 0 Å². The van der Waals surface area contributed by atoms with Gasteiger partial charge in [-0.3, -0.25) is 4.21 Å². The fourth-order valence-electron chi connectivity index (χ4n) is 1.60. The van der Waals surface area contributed by atoms with Crippen molar-refractivity contribution in [2.24, 2.45) is 0 Å². The summed E-state index contributed by atoms with van der Waals surface area (Å²) in [7, 11) is -1.03. The van der Waals surface area contributed by atoms with Crippen LogP contribution in [0.2, 0.25) is 0 Å². The van der Waals surface area contributed by atoms with Crippen LogP contribution in [-0.4, -0.2) is 4.21 Å². The van der Waals surface area contributed by atoms with Gasteiger partial charge in [-0.25, -0.2) is 0 Å². The van der Waals surface area contributed by atoms with Crippen molar-refractivity contribution in [2.75, 3.05) is 5.73 Å². The average molecular weight is 324 g/mol. The van der Waals surface area contributed by atoms with Gasteiger partial charge in [0.25, 0.3) is 0 Å². The second-order valence-electron chi connectivity index (χ2n) is 4.15. The minimum Gasteiger partial charge on any atom is -0.399 e. The van der Waals surface area contributed by atoms with E-state index in [1.54, 1.807) is 0 Å². The molecule has 2 aromatic carbocycles. The maximum atomic E-state index is 12.2. The smallest absolute Gasteiger partial charge is 0.0574 e. The third kappa shape index (κ3) is 3.21. The molecule has 0 aliphatic heterocycles. The molecule has 94 valence electrons. The van der Waals surface area contributed by atoms with Crippen molar-refractivity contribution in [2.45, 2.75) is 17.6 Å². The first-order valence-corrected chi connectivity index (χ1v) is 7.66. The number of hydrogen-bond acceptors (Lipinski definition) is 2. The van der Waals surface area contributed by atoms with Crippen molar-refractivity contribution < 1.29 is 4.21 Å². The zero-order chi connectivity index (χ0) is 13.1. The lowest BCUT2D eigenvalue weighted by Gasteiger charge is -2.06. The largest absolute Gasteiger partial charge is 0.399 e. The fourth-order valence-corrected chi connectivity index (χ4v) is 3.46. The predicted molar refractivity (Wildman–Crippen MR) is 79.8 cm³/mol. The molecule has 2 rings (SSSR count). The number of aryl methyl sites for hydroxylation is 1. The molecule has 4 heteroatoms. The predicted octanol–water partition coefficient (Wildman–Crippen LogP) is 3.65. The van der Waals surface area contributed by atoms with E-state index in [0.717, 1.165) is 14.9 Å². The Morgan fingerprint density at radius 3 is 2.44 bits per heavy atom. The van der Waals surface area contributed by atoms with E-state index in [1.165, 1.54) is 5.56 Å². The van der Waals surface area contributed by atoms with Gasteiger partial charge in [-0.15, -0.1) is 0 Å². The van der Waals surface area contributed by atoms with Crippen LogP contribution < -0.4 is 5.73 Å². The molecular formula is C14H14BrNOS. The summed E-state index contributed by atoms with van der Waals surface area (Å²) in [6.07, 6.45) is 0. The van der Waals surface area contributed by atoms with E-state index in [2.05, 4.69) is 15.9 Å². The van der Waals surface area contributed by atoms with Crippen LogP contribution in [-0.2, 0) is 16.6 Å².